The fraction of sp³-hybridized carbons (Fsp3) is 0.217. The molecule has 9 heteroatoms. The number of nitro groups is 1. The van der Waals surface area contributed by atoms with Gasteiger partial charge in [0.15, 0.2) is 17.2 Å². The van der Waals surface area contributed by atoms with Crippen molar-refractivity contribution in [3.63, 3.8) is 0 Å². The number of carbonyl (C=O) groups excluding carboxylic acids is 1. The number of hydrogen-bond acceptors (Lipinski definition) is 7. The van der Waals surface area contributed by atoms with Crippen molar-refractivity contribution in [1.29, 1.82) is 0 Å². The third-order valence-electron chi connectivity index (χ3n) is 4.45. The van der Waals surface area contributed by atoms with Gasteiger partial charge < -0.3 is 14.2 Å². The summed E-state index contributed by atoms with van der Waals surface area (Å²) in [5.74, 6) is 0.533. The summed E-state index contributed by atoms with van der Waals surface area (Å²) >= 11 is 2.14. The minimum absolute atomic E-state index is 0.0311. The third-order valence-corrected chi connectivity index (χ3v) is 5.25. The zero-order valence-corrected chi connectivity index (χ0v) is 20.0. The maximum absolute atomic E-state index is 12.4. The lowest BCUT2D eigenvalue weighted by Gasteiger charge is -2.14. The van der Waals surface area contributed by atoms with Gasteiger partial charge in [0.05, 0.1) is 15.1 Å². The van der Waals surface area contributed by atoms with Gasteiger partial charge in [-0.25, -0.2) is 9.79 Å². The van der Waals surface area contributed by atoms with Crippen molar-refractivity contribution in [2.75, 3.05) is 13.2 Å². The Morgan fingerprint density at radius 1 is 1.34 bits per heavy atom. The molecule has 0 bridgehead atoms. The molecule has 1 heterocycles. The SMILES string of the molecule is C=C(C)COc1c(I)cc(/C=C2\N=C(c3cccc([N+](=O)[O-])c3C)OC2=O)cc1OCC. The second-order valence-corrected chi connectivity index (χ2v) is 8.21. The van der Waals surface area contributed by atoms with Gasteiger partial charge in [0, 0.05) is 17.2 Å². The molecular formula is C23H21IN2O6. The molecule has 0 aromatic heterocycles. The van der Waals surface area contributed by atoms with Gasteiger partial charge in [0.2, 0.25) is 5.90 Å². The first-order chi connectivity index (χ1) is 15.2. The monoisotopic (exact) mass is 548 g/mol. The van der Waals surface area contributed by atoms with Crippen LogP contribution in [0, 0.1) is 20.6 Å². The molecule has 2 aromatic rings. The van der Waals surface area contributed by atoms with E-state index < -0.39 is 10.9 Å². The molecule has 0 unspecified atom stereocenters. The molecule has 0 N–H and O–H groups in total. The molecule has 3 rings (SSSR count). The van der Waals surface area contributed by atoms with E-state index in [-0.39, 0.29) is 17.3 Å². The molecule has 0 atom stereocenters. The second-order valence-electron chi connectivity index (χ2n) is 7.05. The summed E-state index contributed by atoms with van der Waals surface area (Å²) in [6.07, 6.45) is 1.58. The number of ether oxygens (including phenoxy) is 3. The number of halogens is 1. The highest BCUT2D eigenvalue weighted by atomic mass is 127. The van der Waals surface area contributed by atoms with Crippen LogP contribution in [-0.2, 0) is 9.53 Å². The van der Waals surface area contributed by atoms with E-state index in [1.807, 2.05) is 19.9 Å². The number of esters is 1. The molecule has 1 aliphatic heterocycles. The Morgan fingerprint density at radius 2 is 2.09 bits per heavy atom. The molecule has 32 heavy (non-hydrogen) atoms. The molecule has 0 amide bonds. The second kappa shape index (κ2) is 9.94. The van der Waals surface area contributed by atoms with Crippen LogP contribution in [0.2, 0.25) is 0 Å². The van der Waals surface area contributed by atoms with E-state index in [4.69, 9.17) is 14.2 Å². The topological polar surface area (TPSA) is 100 Å². The summed E-state index contributed by atoms with van der Waals surface area (Å²) in [6.45, 7) is 9.97. The molecule has 0 aliphatic carbocycles. The van der Waals surface area contributed by atoms with Gasteiger partial charge in [-0.05, 0) is 78.8 Å². The van der Waals surface area contributed by atoms with Gasteiger partial charge >= 0.3 is 5.97 Å². The minimum atomic E-state index is -0.638. The van der Waals surface area contributed by atoms with E-state index in [1.165, 1.54) is 12.1 Å². The maximum Gasteiger partial charge on any atom is 0.363 e. The molecule has 8 nitrogen and oxygen atoms in total. The molecule has 166 valence electrons. The highest BCUT2D eigenvalue weighted by molar-refractivity contribution is 14.1. The molecule has 0 radical (unpaired) electrons. The maximum atomic E-state index is 12.4. The number of hydrogen-bond donors (Lipinski definition) is 0. The zero-order valence-electron chi connectivity index (χ0n) is 17.8. The average molecular weight is 548 g/mol. The van der Waals surface area contributed by atoms with Crippen LogP contribution in [-0.4, -0.2) is 30.0 Å². The van der Waals surface area contributed by atoms with E-state index in [0.717, 1.165) is 9.14 Å². The van der Waals surface area contributed by atoms with Gasteiger partial charge in [-0.2, -0.15) is 0 Å². The summed E-state index contributed by atoms with van der Waals surface area (Å²) in [7, 11) is 0. The Morgan fingerprint density at radius 3 is 2.75 bits per heavy atom. The van der Waals surface area contributed by atoms with Crippen LogP contribution in [0.3, 0.4) is 0 Å². The largest absolute Gasteiger partial charge is 0.490 e. The number of carbonyl (C=O) groups is 1. The Hall–Kier alpha value is -3.21. The molecule has 1 aliphatic rings. The Kier molecular flexibility index (Phi) is 7.29. The van der Waals surface area contributed by atoms with Crippen molar-refractivity contribution < 1.29 is 23.9 Å². The van der Waals surface area contributed by atoms with E-state index in [2.05, 4.69) is 34.2 Å². The molecule has 0 saturated carbocycles. The highest BCUT2D eigenvalue weighted by Gasteiger charge is 2.27. The van der Waals surface area contributed by atoms with Crippen LogP contribution in [0.1, 0.15) is 30.5 Å². The van der Waals surface area contributed by atoms with Gasteiger partial charge in [-0.1, -0.05) is 12.6 Å². The lowest BCUT2D eigenvalue weighted by molar-refractivity contribution is -0.385. The van der Waals surface area contributed by atoms with Crippen LogP contribution in [0.5, 0.6) is 11.5 Å². The van der Waals surface area contributed by atoms with Crippen LogP contribution in [0.25, 0.3) is 6.08 Å². The van der Waals surface area contributed by atoms with E-state index in [0.29, 0.717) is 41.4 Å². The van der Waals surface area contributed by atoms with Crippen molar-refractivity contribution in [2.45, 2.75) is 20.8 Å². The fourth-order valence-electron chi connectivity index (χ4n) is 3.00. The lowest BCUT2D eigenvalue weighted by atomic mass is 10.1. The predicted molar refractivity (Wildman–Crippen MR) is 129 cm³/mol. The number of nitrogens with zero attached hydrogens (tertiary/aromatic N) is 2. The van der Waals surface area contributed by atoms with Crippen LogP contribution in [0.4, 0.5) is 5.69 Å². The molecule has 0 fully saturated rings. The molecule has 0 saturated heterocycles. The smallest absolute Gasteiger partial charge is 0.363 e. The van der Waals surface area contributed by atoms with E-state index in [1.54, 1.807) is 25.1 Å². The van der Waals surface area contributed by atoms with Crippen molar-refractivity contribution in [3.05, 3.63) is 78.6 Å². The number of rotatable bonds is 8. The zero-order chi connectivity index (χ0) is 23.4. The van der Waals surface area contributed by atoms with Crippen molar-refractivity contribution in [1.82, 2.24) is 0 Å². The fourth-order valence-corrected chi connectivity index (χ4v) is 3.79. The number of cyclic esters (lactones) is 1. The first kappa shape index (κ1) is 23.5. The Bertz CT molecular complexity index is 1170. The van der Waals surface area contributed by atoms with Crippen molar-refractivity contribution in [2.24, 2.45) is 4.99 Å². The van der Waals surface area contributed by atoms with E-state index >= 15 is 0 Å². The summed E-state index contributed by atoms with van der Waals surface area (Å²) in [5.41, 5.74) is 2.33. The number of nitro benzene ring substituents is 1. The highest BCUT2D eigenvalue weighted by Crippen LogP contribution is 2.36. The van der Waals surface area contributed by atoms with Gasteiger partial charge in [-0.15, -0.1) is 0 Å². The Labute approximate surface area is 198 Å². The molecular weight excluding hydrogens is 527 g/mol. The van der Waals surface area contributed by atoms with E-state index in [9.17, 15) is 14.9 Å². The molecule has 0 spiro atoms. The summed E-state index contributed by atoms with van der Waals surface area (Å²) < 4.78 is 17.6. The van der Waals surface area contributed by atoms with Gasteiger partial charge in [0.25, 0.3) is 5.69 Å². The van der Waals surface area contributed by atoms with Gasteiger partial charge in [-0.3, -0.25) is 10.1 Å². The number of benzene rings is 2. The minimum Gasteiger partial charge on any atom is -0.490 e. The van der Waals surface area contributed by atoms with Crippen LogP contribution >= 0.6 is 22.6 Å². The average Bonchev–Trinajstić information content (AvgIpc) is 3.07. The lowest BCUT2D eigenvalue weighted by Crippen LogP contribution is -2.08. The summed E-state index contributed by atoms with van der Waals surface area (Å²) in [4.78, 5) is 27.4. The third kappa shape index (κ3) is 5.16. The summed E-state index contributed by atoms with van der Waals surface area (Å²) in [5, 5.41) is 11.2. The van der Waals surface area contributed by atoms with Gasteiger partial charge in [0.1, 0.15) is 6.61 Å². The molecule has 2 aromatic carbocycles. The van der Waals surface area contributed by atoms with Crippen LogP contribution < -0.4 is 9.47 Å². The number of aliphatic imine (C=N–C) groups is 1. The quantitative estimate of drug-likeness (QED) is 0.112. The van der Waals surface area contributed by atoms with Crippen molar-refractivity contribution >= 4 is 46.2 Å². The normalized spacial score (nSPS) is 14.2. The first-order valence-corrected chi connectivity index (χ1v) is 10.8. The van der Waals surface area contributed by atoms with Crippen LogP contribution in [0.15, 0.2) is 53.2 Å². The Balaban J connectivity index is 1.98. The van der Waals surface area contributed by atoms with Crippen molar-refractivity contribution in [3.8, 4) is 11.5 Å². The predicted octanol–water partition coefficient (Wildman–Crippen LogP) is 5.21. The summed E-state index contributed by atoms with van der Waals surface area (Å²) in [6, 6.07) is 8.14. The standard InChI is InChI=1S/C23H21IN2O6/c1-5-30-20-11-15(9-17(24)21(20)31-12-13(2)3)10-18-23(27)32-22(25-18)16-7-6-8-19(14(16)4)26(28)29/h6-11H,2,5,12H2,1,3-4H3/b18-10-. The first-order valence-electron chi connectivity index (χ1n) is 9.71.